The highest BCUT2D eigenvalue weighted by Crippen LogP contribution is 2.38. The summed E-state index contributed by atoms with van der Waals surface area (Å²) in [5.41, 5.74) is -1.59. The van der Waals surface area contributed by atoms with Gasteiger partial charge in [-0.2, -0.15) is 10.5 Å². The van der Waals surface area contributed by atoms with Gasteiger partial charge in [-0.15, -0.1) is 0 Å². The number of ether oxygens (including phenoxy) is 2. The summed E-state index contributed by atoms with van der Waals surface area (Å²) in [6.45, 7) is 10.6. The van der Waals surface area contributed by atoms with Crippen molar-refractivity contribution >= 4 is 11.9 Å². The Kier molecular flexibility index (Phi) is 8.25. The van der Waals surface area contributed by atoms with Crippen molar-refractivity contribution in [1.29, 1.82) is 10.5 Å². The summed E-state index contributed by atoms with van der Waals surface area (Å²) in [7, 11) is 0. The van der Waals surface area contributed by atoms with Gasteiger partial charge in [-0.3, -0.25) is 9.59 Å². The van der Waals surface area contributed by atoms with Crippen LogP contribution in [-0.4, -0.2) is 25.2 Å². The number of nitrogens with zero attached hydrogens (tertiary/aromatic N) is 2. The Morgan fingerprint density at radius 1 is 1.27 bits per heavy atom. The fraction of sp³-hybridized carbons (Fsp3) is 0.500. The Morgan fingerprint density at radius 2 is 1.86 bits per heavy atom. The molecular formula is C16H20N2O4. The van der Waals surface area contributed by atoms with Crippen LogP contribution in [0.1, 0.15) is 26.7 Å². The van der Waals surface area contributed by atoms with E-state index in [4.69, 9.17) is 9.47 Å². The van der Waals surface area contributed by atoms with Crippen LogP contribution < -0.4 is 0 Å². The third kappa shape index (κ3) is 4.46. The number of rotatable bonds is 9. The largest absolute Gasteiger partial charge is 0.466 e. The number of carbonyl (C=O) groups is 2. The normalized spacial score (nSPS) is 13.6. The monoisotopic (exact) mass is 304 g/mol. The zero-order valence-corrected chi connectivity index (χ0v) is 12.9. The zero-order valence-electron chi connectivity index (χ0n) is 12.9. The fourth-order valence-electron chi connectivity index (χ4n) is 1.95. The van der Waals surface area contributed by atoms with Crippen molar-refractivity contribution in [2.75, 3.05) is 13.2 Å². The van der Waals surface area contributed by atoms with Crippen molar-refractivity contribution < 1.29 is 19.1 Å². The van der Waals surface area contributed by atoms with Gasteiger partial charge in [-0.25, -0.2) is 0 Å². The Bertz CT molecular complexity index is 527. The highest BCUT2D eigenvalue weighted by molar-refractivity contribution is 5.83. The number of nitriles is 2. The number of hydrogen-bond acceptors (Lipinski definition) is 6. The minimum Gasteiger partial charge on any atom is -0.466 e. The molecule has 2 unspecified atom stereocenters. The summed E-state index contributed by atoms with van der Waals surface area (Å²) in [6.07, 6.45) is 0.943. The molecule has 0 aromatic heterocycles. The van der Waals surface area contributed by atoms with E-state index in [1.165, 1.54) is 6.08 Å². The average Bonchev–Trinajstić information content (AvgIpc) is 2.51. The molecule has 0 rings (SSSR count). The molecule has 0 spiro atoms. The Morgan fingerprint density at radius 3 is 2.27 bits per heavy atom. The molecule has 0 aliphatic rings. The van der Waals surface area contributed by atoms with Gasteiger partial charge in [0.1, 0.15) is 5.92 Å². The van der Waals surface area contributed by atoms with E-state index in [1.54, 1.807) is 13.8 Å². The van der Waals surface area contributed by atoms with Crippen molar-refractivity contribution in [3.63, 3.8) is 0 Å². The van der Waals surface area contributed by atoms with Crippen LogP contribution in [0.2, 0.25) is 0 Å². The molecule has 0 saturated heterocycles. The Labute approximate surface area is 130 Å². The summed E-state index contributed by atoms with van der Waals surface area (Å²) in [4.78, 5) is 23.8. The quantitative estimate of drug-likeness (QED) is 0.478. The molecule has 0 saturated carbocycles. The van der Waals surface area contributed by atoms with E-state index in [9.17, 15) is 20.1 Å². The van der Waals surface area contributed by atoms with Gasteiger partial charge >= 0.3 is 11.9 Å². The fourth-order valence-corrected chi connectivity index (χ4v) is 1.95. The lowest BCUT2D eigenvalue weighted by atomic mass is 9.70. The molecule has 0 aliphatic heterocycles. The van der Waals surface area contributed by atoms with Crippen LogP contribution in [0.4, 0.5) is 0 Å². The van der Waals surface area contributed by atoms with Crippen molar-refractivity contribution in [1.82, 2.24) is 0 Å². The molecule has 0 aliphatic carbocycles. The summed E-state index contributed by atoms with van der Waals surface area (Å²) in [5.74, 6) is -2.55. The molecule has 0 amide bonds. The topological polar surface area (TPSA) is 100 Å². The van der Waals surface area contributed by atoms with E-state index in [1.807, 2.05) is 12.1 Å². The van der Waals surface area contributed by atoms with E-state index in [0.29, 0.717) is 0 Å². The molecule has 0 aromatic carbocycles. The van der Waals surface area contributed by atoms with Crippen molar-refractivity contribution in [3.05, 3.63) is 24.8 Å². The molecular weight excluding hydrogens is 284 g/mol. The van der Waals surface area contributed by atoms with E-state index >= 15 is 0 Å². The summed E-state index contributed by atoms with van der Waals surface area (Å²) < 4.78 is 9.72. The minimum atomic E-state index is -1.82. The molecule has 0 fully saturated rings. The minimum absolute atomic E-state index is 0.0559. The van der Waals surface area contributed by atoms with Gasteiger partial charge in [0.05, 0.1) is 25.4 Å². The van der Waals surface area contributed by atoms with Gasteiger partial charge in [0.15, 0.2) is 5.41 Å². The van der Waals surface area contributed by atoms with Crippen molar-refractivity contribution in [2.45, 2.75) is 26.7 Å². The van der Waals surface area contributed by atoms with Gasteiger partial charge in [-0.05, 0) is 25.8 Å². The number of carbonyl (C=O) groups excluding carboxylic acids is 2. The lowest BCUT2D eigenvalue weighted by molar-refractivity contribution is -0.154. The van der Waals surface area contributed by atoms with Crippen molar-refractivity contribution in [2.24, 2.45) is 11.3 Å². The predicted molar refractivity (Wildman–Crippen MR) is 79.0 cm³/mol. The van der Waals surface area contributed by atoms with E-state index in [-0.39, 0.29) is 31.6 Å². The van der Waals surface area contributed by atoms with E-state index in [2.05, 4.69) is 13.2 Å². The lowest BCUT2D eigenvalue weighted by Crippen LogP contribution is -2.39. The van der Waals surface area contributed by atoms with Gasteiger partial charge in [-0.1, -0.05) is 19.2 Å². The highest BCUT2D eigenvalue weighted by Gasteiger charge is 2.49. The Hall–Kier alpha value is -2.60. The first-order valence-electron chi connectivity index (χ1n) is 6.88. The standard InChI is InChI=1S/C16H20N2O4/c1-5-12(4)13(10-17)16(11-18,15(20)22-7-3)9-8-14(19)21-6-2/h5,13H,1,4,6-9H2,2-3H3. The smallest absolute Gasteiger partial charge is 0.328 e. The van der Waals surface area contributed by atoms with Crippen LogP contribution in [0.15, 0.2) is 24.8 Å². The van der Waals surface area contributed by atoms with Crippen LogP contribution in [0, 0.1) is 34.0 Å². The van der Waals surface area contributed by atoms with Gasteiger partial charge < -0.3 is 9.47 Å². The SMILES string of the molecule is C=CC(=C)C(C#N)C(C#N)(CCC(=O)OCC)C(=O)OCC. The summed E-state index contributed by atoms with van der Waals surface area (Å²) in [5, 5.41) is 18.9. The average molecular weight is 304 g/mol. The molecule has 0 heterocycles. The molecule has 0 N–H and O–H groups in total. The third-order valence-corrected chi connectivity index (χ3v) is 3.12. The number of allylic oxidation sites excluding steroid dienone is 2. The molecule has 118 valence electrons. The van der Waals surface area contributed by atoms with Crippen LogP contribution in [0.3, 0.4) is 0 Å². The molecule has 6 heteroatoms. The second-order valence-corrected chi connectivity index (χ2v) is 4.45. The molecule has 0 aromatic rings. The highest BCUT2D eigenvalue weighted by atomic mass is 16.5. The van der Waals surface area contributed by atoms with E-state index < -0.39 is 23.3 Å². The first-order chi connectivity index (χ1) is 10.4. The van der Waals surface area contributed by atoms with Gasteiger partial charge in [0, 0.05) is 6.42 Å². The first-order valence-corrected chi connectivity index (χ1v) is 6.88. The maximum atomic E-state index is 12.3. The first kappa shape index (κ1) is 19.4. The molecule has 2 atom stereocenters. The summed E-state index contributed by atoms with van der Waals surface area (Å²) >= 11 is 0. The third-order valence-electron chi connectivity index (χ3n) is 3.12. The number of hydrogen-bond donors (Lipinski definition) is 0. The molecule has 6 nitrogen and oxygen atoms in total. The van der Waals surface area contributed by atoms with Crippen LogP contribution in [0.25, 0.3) is 0 Å². The Balaban J connectivity index is 5.63. The zero-order chi connectivity index (χ0) is 17.2. The van der Waals surface area contributed by atoms with Crippen LogP contribution in [-0.2, 0) is 19.1 Å². The van der Waals surface area contributed by atoms with Crippen LogP contribution in [0.5, 0.6) is 0 Å². The molecule has 22 heavy (non-hydrogen) atoms. The molecule has 0 radical (unpaired) electrons. The predicted octanol–water partition coefficient (Wildman–Crippen LogP) is 2.28. The number of esters is 2. The second-order valence-electron chi connectivity index (χ2n) is 4.45. The maximum Gasteiger partial charge on any atom is 0.328 e. The molecule has 0 bridgehead atoms. The van der Waals surface area contributed by atoms with E-state index in [0.717, 1.165) is 0 Å². The van der Waals surface area contributed by atoms with Gasteiger partial charge in [0.25, 0.3) is 0 Å². The van der Waals surface area contributed by atoms with Crippen molar-refractivity contribution in [3.8, 4) is 12.1 Å². The lowest BCUT2D eigenvalue weighted by Gasteiger charge is -2.28. The second kappa shape index (κ2) is 9.36. The van der Waals surface area contributed by atoms with Gasteiger partial charge in [0.2, 0.25) is 0 Å². The van der Waals surface area contributed by atoms with Crippen LogP contribution >= 0.6 is 0 Å². The maximum absolute atomic E-state index is 12.3. The summed E-state index contributed by atoms with van der Waals surface area (Å²) in [6, 6.07) is 3.74.